The van der Waals surface area contributed by atoms with Crippen molar-refractivity contribution in [2.24, 2.45) is 10.9 Å². The topological polar surface area (TPSA) is 59.6 Å². The van der Waals surface area contributed by atoms with Crippen molar-refractivity contribution in [3.8, 4) is 11.8 Å². The van der Waals surface area contributed by atoms with Gasteiger partial charge in [0, 0.05) is 18.3 Å². The number of halogens is 1. The molecule has 0 saturated carbocycles. The van der Waals surface area contributed by atoms with Gasteiger partial charge in [-0.25, -0.2) is 4.99 Å². The van der Waals surface area contributed by atoms with Crippen LogP contribution in [0.5, 0.6) is 5.75 Å². The highest BCUT2D eigenvalue weighted by Gasteiger charge is 2.30. The summed E-state index contributed by atoms with van der Waals surface area (Å²) in [6.07, 6.45) is 1.79. The fourth-order valence-corrected chi connectivity index (χ4v) is 4.63. The minimum Gasteiger partial charge on any atom is -0.508 e. The number of amidine groups is 1. The number of aryl methyl sites for hydroxylation is 1. The van der Waals surface area contributed by atoms with E-state index >= 15 is 0 Å². The van der Waals surface area contributed by atoms with Crippen molar-refractivity contribution in [1.29, 1.82) is 5.26 Å². The van der Waals surface area contributed by atoms with Crippen molar-refractivity contribution in [3.05, 3.63) is 59.2 Å². The Hall–Kier alpha value is -2.16. The van der Waals surface area contributed by atoms with Gasteiger partial charge in [-0.3, -0.25) is 0 Å². The smallest absolute Gasteiger partial charge is 0.164 e. The van der Waals surface area contributed by atoms with Gasteiger partial charge in [0.2, 0.25) is 0 Å². The van der Waals surface area contributed by atoms with Gasteiger partial charge >= 0.3 is 0 Å². The zero-order valence-electron chi connectivity index (χ0n) is 17.1. The van der Waals surface area contributed by atoms with E-state index in [1.54, 1.807) is 12.1 Å². The molecule has 29 heavy (non-hydrogen) atoms. The van der Waals surface area contributed by atoms with Crippen LogP contribution < -0.4 is 0 Å². The third-order valence-electron chi connectivity index (χ3n) is 4.87. The van der Waals surface area contributed by atoms with Gasteiger partial charge in [0.1, 0.15) is 5.75 Å². The largest absolute Gasteiger partial charge is 0.508 e. The van der Waals surface area contributed by atoms with E-state index < -0.39 is 0 Å². The minimum atomic E-state index is 0. The highest BCUT2D eigenvalue weighted by Crippen LogP contribution is 2.31. The van der Waals surface area contributed by atoms with E-state index in [0.29, 0.717) is 23.3 Å². The van der Waals surface area contributed by atoms with Gasteiger partial charge in [0.05, 0.1) is 17.3 Å². The molecule has 6 heteroatoms. The average Bonchev–Trinajstić information content (AvgIpc) is 3.04. The molecule has 1 aliphatic heterocycles. The van der Waals surface area contributed by atoms with E-state index in [4.69, 9.17) is 10.3 Å². The zero-order chi connectivity index (χ0) is 20.1. The lowest BCUT2D eigenvalue weighted by Gasteiger charge is -2.28. The Labute approximate surface area is 184 Å². The average molecular weight is 430 g/mol. The van der Waals surface area contributed by atoms with Gasteiger partial charge < -0.3 is 10.0 Å². The lowest BCUT2D eigenvalue weighted by molar-refractivity contribution is 0.311. The highest BCUT2D eigenvalue weighted by atomic mass is 35.5. The van der Waals surface area contributed by atoms with E-state index in [-0.39, 0.29) is 12.4 Å². The number of nitrogens with zero attached hydrogens (tertiary/aromatic N) is 3. The van der Waals surface area contributed by atoms with Gasteiger partial charge in [0.15, 0.2) is 5.17 Å². The van der Waals surface area contributed by atoms with Crippen LogP contribution in [0.25, 0.3) is 0 Å². The van der Waals surface area contributed by atoms with Gasteiger partial charge in [-0.1, -0.05) is 44.7 Å². The van der Waals surface area contributed by atoms with Crippen molar-refractivity contribution in [2.75, 3.05) is 12.3 Å². The molecule has 1 fully saturated rings. The third-order valence-corrected chi connectivity index (χ3v) is 6.00. The number of aromatic hydroxyl groups is 1. The van der Waals surface area contributed by atoms with Gasteiger partial charge in [0.25, 0.3) is 0 Å². The lowest BCUT2D eigenvalue weighted by atomic mass is 10.0. The number of aliphatic imine (C=N–C) groups is 1. The summed E-state index contributed by atoms with van der Waals surface area (Å²) in [5, 5.41) is 19.7. The first-order valence-electron chi connectivity index (χ1n) is 9.79. The summed E-state index contributed by atoms with van der Waals surface area (Å²) in [6.45, 7) is 7.53. The first kappa shape index (κ1) is 23.1. The summed E-state index contributed by atoms with van der Waals surface area (Å²) < 4.78 is 0. The number of benzene rings is 2. The number of hydrogen-bond acceptors (Lipinski definition) is 4. The molecule has 0 unspecified atom stereocenters. The van der Waals surface area contributed by atoms with Gasteiger partial charge in [-0.2, -0.15) is 5.26 Å². The molecule has 154 valence electrons. The Morgan fingerprint density at radius 1 is 1.24 bits per heavy atom. The Morgan fingerprint density at radius 2 is 1.97 bits per heavy atom. The molecule has 0 bridgehead atoms. The molecule has 0 radical (unpaired) electrons. The second-order valence-electron chi connectivity index (χ2n) is 7.58. The second-order valence-corrected chi connectivity index (χ2v) is 8.57. The maximum Gasteiger partial charge on any atom is 0.164 e. The molecule has 0 aromatic heterocycles. The molecule has 1 atom stereocenters. The molecule has 0 aliphatic carbocycles. The Bertz CT molecular complexity index is 890. The van der Waals surface area contributed by atoms with Crippen molar-refractivity contribution in [1.82, 2.24) is 4.90 Å². The van der Waals surface area contributed by atoms with Gasteiger partial charge in [-0.05, 0) is 60.2 Å². The summed E-state index contributed by atoms with van der Waals surface area (Å²) in [7, 11) is 0. The van der Waals surface area contributed by atoms with Crippen LogP contribution in [-0.2, 0) is 12.8 Å². The molecule has 1 saturated heterocycles. The number of thioether (sulfide) groups is 1. The van der Waals surface area contributed by atoms with Crippen LogP contribution in [0, 0.1) is 17.2 Å². The lowest BCUT2D eigenvalue weighted by Crippen LogP contribution is -2.38. The SMILES string of the molecule is CCc1cc(C#N)ccc1/N=C1\SC[C@H](Cc2ccc(O)cc2)N1CC(C)C.Cl. The fraction of sp³-hybridized carbons (Fsp3) is 0.391. The molecule has 2 aromatic rings. The molecular formula is C23H28ClN3OS. The first-order chi connectivity index (χ1) is 13.5. The Balaban J connectivity index is 0.00000300. The fourth-order valence-electron chi connectivity index (χ4n) is 3.44. The summed E-state index contributed by atoms with van der Waals surface area (Å²) >= 11 is 1.81. The first-order valence-corrected chi connectivity index (χ1v) is 10.8. The summed E-state index contributed by atoms with van der Waals surface area (Å²) in [5.41, 5.74) is 3.98. The van der Waals surface area contributed by atoms with E-state index in [1.165, 1.54) is 5.56 Å². The predicted octanol–water partition coefficient (Wildman–Crippen LogP) is 5.55. The van der Waals surface area contributed by atoms with Crippen LogP contribution in [0.1, 0.15) is 37.5 Å². The molecule has 1 N–H and O–H groups in total. The van der Waals surface area contributed by atoms with Crippen LogP contribution in [0.15, 0.2) is 47.5 Å². The monoisotopic (exact) mass is 429 g/mol. The minimum absolute atomic E-state index is 0. The highest BCUT2D eigenvalue weighted by molar-refractivity contribution is 8.14. The van der Waals surface area contributed by atoms with Crippen molar-refractivity contribution < 1.29 is 5.11 Å². The number of nitriles is 1. The Kier molecular flexibility index (Phi) is 8.43. The Morgan fingerprint density at radius 3 is 2.59 bits per heavy atom. The van der Waals surface area contributed by atoms with E-state index in [1.807, 2.05) is 42.1 Å². The summed E-state index contributed by atoms with van der Waals surface area (Å²) in [4.78, 5) is 7.43. The number of phenolic OH excluding ortho intramolecular Hbond substituents is 1. The van der Waals surface area contributed by atoms with E-state index in [0.717, 1.165) is 41.6 Å². The van der Waals surface area contributed by atoms with E-state index in [9.17, 15) is 5.11 Å². The second kappa shape index (κ2) is 10.6. The van der Waals surface area contributed by atoms with Crippen LogP contribution >= 0.6 is 24.2 Å². The maximum absolute atomic E-state index is 9.53. The third kappa shape index (κ3) is 5.91. The molecule has 1 heterocycles. The molecular weight excluding hydrogens is 402 g/mol. The molecule has 4 nitrogen and oxygen atoms in total. The number of hydrogen-bond donors (Lipinski definition) is 1. The summed E-state index contributed by atoms with van der Waals surface area (Å²) in [5.74, 6) is 1.85. The van der Waals surface area contributed by atoms with Crippen molar-refractivity contribution in [3.63, 3.8) is 0 Å². The van der Waals surface area contributed by atoms with Crippen LogP contribution in [0.3, 0.4) is 0 Å². The standard InChI is InChI=1S/C23H27N3OS.ClH/c1-4-19-11-18(13-24)7-10-22(19)25-23-26(14-16(2)3)20(15-28-23)12-17-5-8-21(27)9-6-17;/h5-11,16,20,27H,4,12,14-15H2,1-3H3;1H/b25-23-;/t20-;/m0./s1. The number of phenols is 1. The zero-order valence-corrected chi connectivity index (χ0v) is 18.8. The predicted molar refractivity (Wildman–Crippen MR) is 124 cm³/mol. The maximum atomic E-state index is 9.53. The molecule has 1 aliphatic rings. The van der Waals surface area contributed by atoms with Gasteiger partial charge in [-0.15, -0.1) is 12.4 Å². The normalized spacial score (nSPS) is 17.4. The quantitative estimate of drug-likeness (QED) is 0.653. The van der Waals surface area contributed by atoms with Crippen LogP contribution in [0.4, 0.5) is 5.69 Å². The molecule has 3 rings (SSSR count). The van der Waals surface area contributed by atoms with Crippen molar-refractivity contribution >= 4 is 35.0 Å². The van der Waals surface area contributed by atoms with Crippen LogP contribution in [0.2, 0.25) is 0 Å². The summed E-state index contributed by atoms with van der Waals surface area (Å²) in [6, 6.07) is 15.9. The molecule has 0 spiro atoms. The number of rotatable bonds is 6. The molecule has 2 aromatic carbocycles. The molecule has 0 amide bonds. The van der Waals surface area contributed by atoms with Crippen LogP contribution in [-0.4, -0.2) is 33.5 Å². The van der Waals surface area contributed by atoms with Crippen molar-refractivity contribution in [2.45, 2.75) is 39.7 Å². The van der Waals surface area contributed by atoms with E-state index in [2.05, 4.69) is 31.7 Å².